The van der Waals surface area contributed by atoms with Gasteiger partial charge in [-0.3, -0.25) is 0 Å². The molecule has 0 bridgehead atoms. The molecule has 0 aliphatic rings. The minimum absolute atomic E-state index is 0.0760. The van der Waals surface area contributed by atoms with Gasteiger partial charge in [0.25, 0.3) is 0 Å². The van der Waals surface area contributed by atoms with Crippen LogP contribution in [0.3, 0.4) is 0 Å². The lowest BCUT2D eigenvalue weighted by molar-refractivity contribution is -0.418. The average molecular weight is 356 g/mol. The Morgan fingerprint density at radius 2 is 1.77 bits per heavy atom. The second kappa shape index (κ2) is 9.90. The minimum Gasteiger partial charge on any atom is -0.852 e. The first kappa shape index (κ1) is 21.9. The van der Waals surface area contributed by atoms with Crippen LogP contribution >= 0.6 is 16.2 Å². The molecule has 0 fully saturated rings. The van der Waals surface area contributed by atoms with Crippen LogP contribution in [0.4, 0.5) is 0 Å². The van der Waals surface area contributed by atoms with Gasteiger partial charge in [0.1, 0.15) is 0 Å². The highest BCUT2D eigenvalue weighted by molar-refractivity contribution is 7.49. The normalized spacial score (nSPS) is 18.0. The van der Waals surface area contributed by atoms with Gasteiger partial charge in [0, 0.05) is 11.9 Å². The van der Waals surface area contributed by atoms with Gasteiger partial charge in [0.15, 0.2) is 0 Å². The molecule has 9 nitrogen and oxygen atoms in total. The molecule has 132 valence electrons. The van der Waals surface area contributed by atoms with E-state index in [1.165, 1.54) is 13.8 Å². The first-order valence-electron chi connectivity index (χ1n) is 6.66. The lowest BCUT2D eigenvalue weighted by Crippen LogP contribution is -2.39. The summed E-state index contributed by atoms with van der Waals surface area (Å²) in [7, 11) is -8.28. The third-order valence-corrected chi connectivity index (χ3v) is 5.13. The number of carboxylic acid groups (broad SMARTS) is 1. The molecule has 0 aromatic heterocycles. The molecular formula is C11H18O9P2-6. The Hall–Kier alpha value is -0.110. The quantitative estimate of drug-likeness (QED) is 0.336. The van der Waals surface area contributed by atoms with E-state index in [0.717, 1.165) is 0 Å². The van der Waals surface area contributed by atoms with Crippen LogP contribution in [0.2, 0.25) is 0 Å². The monoisotopic (exact) mass is 356 g/mol. The zero-order valence-corrected chi connectivity index (χ0v) is 14.0. The Kier molecular flexibility index (Phi) is 9.85. The third kappa shape index (κ3) is 9.12. The van der Waals surface area contributed by atoms with Crippen molar-refractivity contribution >= 4 is 22.2 Å². The summed E-state index contributed by atoms with van der Waals surface area (Å²) in [6, 6.07) is 0. The second-order valence-electron chi connectivity index (χ2n) is 5.09. The zero-order chi connectivity index (χ0) is 17.5. The van der Waals surface area contributed by atoms with Crippen molar-refractivity contribution in [3.63, 3.8) is 0 Å². The predicted octanol–water partition coefficient (Wildman–Crippen LogP) is -3.70. The number of hydrogen-bond donors (Lipinski definition) is 0. The van der Waals surface area contributed by atoms with Crippen molar-refractivity contribution < 1.29 is 43.7 Å². The van der Waals surface area contributed by atoms with E-state index in [1.54, 1.807) is 0 Å². The van der Waals surface area contributed by atoms with Crippen LogP contribution in [-0.4, -0.2) is 23.8 Å². The van der Waals surface area contributed by atoms with E-state index in [-0.39, 0.29) is 12.8 Å². The molecule has 4 unspecified atom stereocenters. The van der Waals surface area contributed by atoms with E-state index in [4.69, 9.17) is 0 Å². The van der Waals surface area contributed by atoms with Gasteiger partial charge in [-0.1, -0.05) is 21.4 Å². The van der Waals surface area contributed by atoms with Gasteiger partial charge >= 0.3 is 0 Å². The lowest BCUT2D eigenvalue weighted by atomic mass is 9.93. The van der Waals surface area contributed by atoms with Crippen LogP contribution < -0.4 is 29.8 Å². The first-order valence-corrected chi connectivity index (χ1v) is 9.37. The van der Waals surface area contributed by atoms with Crippen LogP contribution in [-0.2, 0) is 13.9 Å². The smallest absolute Gasteiger partial charge is 0.0581 e. The van der Waals surface area contributed by atoms with Gasteiger partial charge in [-0.15, -0.1) is 6.10 Å². The van der Waals surface area contributed by atoms with Crippen molar-refractivity contribution in [3.05, 3.63) is 0 Å². The first-order chi connectivity index (χ1) is 9.97. The van der Waals surface area contributed by atoms with Crippen LogP contribution in [0.25, 0.3) is 0 Å². The summed E-state index contributed by atoms with van der Waals surface area (Å²) in [5.41, 5.74) is -1.40. The fourth-order valence-corrected chi connectivity index (χ4v) is 3.50. The van der Waals surface area contributed by atoms with Crippen LogP contribution in [0.15, 0.2) is 0 Å². The summed E-state index contributed by atoms with van der Waals surface area (Å²) in [5.74, 6) is -3.03. The molecule has 0 radical (unpaired) electrons. The molecule has 4 atom stereocenters. The molecular weight excluding hydrogens is 338 g/mol. The summed E-state index contributed by atoms with van der Waals surface area (Å²) in [4.78, 5) is 54.4. The molecule has 0 amide bonds. The van der Waals surface area contributed by atoms with Crippen molar-refractivity contribution in [2.75, 3.05) is 0 Å². The van der Waals surface area contributed by atoms with Crippen LogP contribution in [0.5, 0.6) is 0 Å². The number of aliphatic carboxylic acids is 1. The minimum atomic E-state index is -4.98. The van der Waals surface area contributed by atoms with E-state index in [0.29, 0.717) is 0 Å². The molecule has 0 aliphatic carbocycles. The van der Waals surface area contributed by atoms with Crippen molar-refractivity contribution in [1.29, 1.82) is 0 Å². The maximum Gasteiger partial charge on any atom is 0.0581 e. The van der Waals surface area contributed by atoms with Crippen molar-refractivity contribution in [2.45, 2.75) is 57.4 Å². The van der Waals surface area contributed by atoms with Crippen LogP contribution in [0, 0.1) is 5.92 Å². The summed E-state index contributed by atoms with van der Waals surface area (Å²) in [6.45, 7) is 2.67. The van der Waals surface area contributed by atoms with E-state index >= 15 is 0 Å². The van der Waals surface area contributed by atoms with Gasteiger partial charge in [-0.25, -0.2) is 0 Å². The van der Waals surface area contributed by atoms with Gasteiger partial charge in [-0.2, -0.15) is 8.60 Å². The Bertz CT molecular complexity index is 372. The molecule has 11 heteroatoms. The zero-order valence-electron chi connectivity index (χ0n) is 12.2. The Balaban J connectivity index is 4.98. The highest BCUT2D eigenvalue weighted by atomic mass is 31.2. The second-order valence-corrected chi connectivity index (χ2v) is 7.55. The fourth-order valence-electron chi connectivity index (χ4n) is 2.13. The maximum atomic E-state index is 11.1. The molecule has 22 heavy (non-hydrogen) atoms. The summed E-state index contributed by atoms with van der Waals surface area (Å²) in [6.07, 6.45) is -3.68. The van der Waals surface area contributed by atoms with Gasteiger partial charge in [0.2, 0.25) is 0 Å². The molecule has 0 spiro atoms. The average Bonchev–Trinajstić information content (AvgIpc) is 2.30. The number of rotatable bonds is 11. The predicted molar refractivity (Wildman–Crippen MR) is 65.3 cm³/mol. The Morgan fingerprint density at radius 1 is 1.23 bits per heavy atom. The molecule has 0 heterocycles. The van der Waals surface area contributed by atoms with E-state index < -0.39 is 58.8 Å². The van der Waals surface area contributed by atoms with E-state index in [9.17, 15) is 39.1 Å². The maximum absolute atomic E-state index is 11.1. The molecule has 0 aromatic rings. The Labute approximate surface area is 130 Å². The highest BCUT2D eigenvalue weighted by Gasteiger charge is 2.23. The van der Waals surface area contributed by atoms with Crippen LogP contribution in [0.1, 0.15) is 39.5 Å². The Morgan fingerprint density at radius 3 is 2.09 bits per heavy atom. The third-order valence-electron chi connectivity index (χ3n) is 3.19. The van der Waals surface area contributed by atoms with E-state index in [1.807, 2.05) is 0 Å². The molecule has 0 saturated carbocycles. The number of hydrogen-bond acceptors (Lipinski definition) is 9. The van der Waals surface area contributed by atoms with Gasteiger partial charge in [0.05, 0.1) is 6.10 Å². The topological polar surface area (TPSA) is 182 Å². The number of carboxylic acids is 1. The fraction of sp³-hybridized carbons (Fsp3) is 0.909. The highest BCUT2D eigenvalue weighted by Crippen LogP contribution is 2.39. The number of carbonyl (C=O) groups excluding carboxylic acids is 1. The molecule has 0 aliphatic heterocycles. The van der Waals surface area contributed by atoms with Gasteiger partial charge < -0.3 is 43.7 Å². The lowest BCUT2D eigenvalue weighted by Gasteiger charge is -2.41. The SMILES string of the molecule is CCC(CC(CC(CC(C)[O-])OP([O-])[O-])C(=O)[O-])P(=O)([O-])[O-]. The van der Waals surface area contributed by atoms with Crippen molar-refractivity contribution in [1.82, 2.24) is 0 Å². The molecule has 0 N–H and O–H groups in total. The summed E-state index contributed by atoms with van der Waals surface area (Å²) >= 11 is 0. The molecule has 0 saturated heterocycles. The van der Waals surface area contributed by atoms with E-state index in [2.05, 4.69) is 4.52 Å². The largest absolute Gasteiger partial charge is 0.852 e. The van der Waals surface area contributed by atoms with Gasteiger partial charge in [-0.05, 0) is 31.3 Å². The van der Waals surface area contributed by atoms with Crippen molar-refractivity contribution in [3.8, 4) is 0 Å². The molecule has 0 rings (SSSR count). The number of carbonyl (C=O) groups is 1. The summed E-state index contributed by atoms with van der Waals surface area (Å²) < 4.78 is 15.5. The standard InChI is InChI=1S/C11H21O9P2/c1-3-10(22(17,18)19)6-8(11(13)14)5-9(4-7(2)12)20-21(15)16/h7-10H,3-6H2,1-2H3,(H,13,14)(H2,17,18,19)/q-3/p-3. The van der Waals surface area contributed by atoms with Crippen molar-refractivity contribution in [2.24, 2.45) is 5.92 Å². The molecule has 0 aromatic carbocycles. The summed E-state index contributed by atoms with van der Waals surface area (Å²) in [5, 5.41) is 22.2.